The van der Waals surface area contributed by atoms with Crippen molar-refractivity contribution in [3.05, 3.63) is 35.7 Å². The van der Waals surface area contributed by atoms with Gasteiger partial charge in [0.15, 0.2) is 0 Å². The Hall–Kier alpha value is -2.22. The van der Waals surface area contributed by atoms with E-state index in [9.17, 15) is 13.2 Å². The molecule has 1 aliphatic rings. The molecule has 0 aliphatic heterocycles. The standard InChI is InChI=1S/C17H21N3O4S/c1-11(10-25(3,22)23)20(15-7-8-15)17(21)14-6-4-5-13(9-14)16-19-18-12(2)24-16/h4-6,9,11,15H,7-8,10H2,1-3H3. The van der Waals surface area contributed by atoms with Crippen LogP contribution in [-0.4, -0.2) is 53.5 Å². The van der Waals surface area contributed by atoms with Gasteiger partial charge in [-0.15, -0.1) is 10.2 Å². The molecule has 0 N–H and O–H groups in total. The van der Waals surface area contributed by atoms with Crippen LogP contribution in [0.1, 0.15) is 36.0 Å². The smallest absolute Gasteiger partial charge is 0.254 e. The molecule has 0 saturated heterocycles. The van der Waals surface area contributed by atoms with Gasteiger partial charge in [-0.1, -0.05) is 6.07 Å². The van der Waals surface area contributed by atoms with Gasteiger partial charge in [0.2, 0.25) is 11.8 Å². The van der Waals surface area contributed by atoms with Crippen LogP contribution in [0.4, 0.5) is 0 Å². The maximum absolute atomic E-state index is 13.0. The number of aryl methyl sites for hydroxylation is 1. The molecule has 1 aromatic heterocycles. The van der Waals surface area contributed by atoms with E-state index in [1.807, 2.05) is 0 Å². The highest BCUT2D eigenvalue weighted by Gasteiger charge is 2.37. The summed E-state index contributed by atoms with van der Waals surface area (Å²) in [6.45, 7) is 3.48. The molecule has 7 nitrogen and oxygen atoms in total. The highest BCUT2D eigenvalue weighted by atomic mass is 32.2. The molecule has 25 heavy (non-hydrogen) atoms. The highest BCUT2D eigenvalue weighted by Crippen LogP contribution is 2.31. The molecular weight excluding hydrogens is 342 g/mol. The van der Waals surface area contributed by atoms with Gasteiger partial charge in [0.05, 0.1) is 5.75 Å². The summed E-state index contributed by atoms with van der Waals surface area (Å²) in [5, 5.41) is 7.77. The quantitative estimate of drug-likeness (QED) is 0.780. The number of nitrogens with zero attached hydrogens (tertiary/aromatic N) is 3. The molecule has 0 radical (unpaired) electrons. The number of hydrogen-bond donors (Lipinski definition) is 0. The zero-order valence-corrected chi connectivity index (χ0v) is 15.3. The Balaban J connectivity index is 1.87. The van der Waals surface area contributed by atoms with Crippen molar-refractivity contribution in [2.45, 2.75) is 38.8 Å². The lowest BCUT2D eigenvalue weighted by Gasteiger charge is -2.29. The van der Waals surface area contributed by atoms with Gasteiger partial charge in [0, 0.05) is 36.4 Å². The Morgan fingerprint density at radius 3 is 2.64 bits per heavy atom. The normalized spacial score (nSPS) is 15.8. The second kappa shape index (κ2) is 6.59. The van der Waals surface area contributed by atoms with Crippen LogP contribution in [0.2, 0.25) is 0 Å². The minimum absolute atomic E-state index is 0.0439. The van der Waals surface area contributed by atoms with Gasteiger partial charge in [0.25, 0.3) is 5.91 Å². The van der Waals surface area contributed by atoms with Gasteiger partial charge < -0.3 is 9.32 Å². The number of carbonyl (C=O) groups excluding carboxylic acids is 1. The van der Waals surface area contributed by atoms with Crippen molar-refractivity contribution in [2.24, 2.45) is 0 Å². The molecule has 0 spiro atoms. The molecule has 134 valence electrons. The summed E-state index contributed by atoms with van der Waals surface area (Å²) in [5.74, 6) is 0.594. The average Bonchev–Trinajstić information content (AvgIpc) is 3.25. The van der Waals surface area contributed by atoms with E-state index in [0.717, 1.165) is 12.8 Å². The number of aromatic nitrogens is 2. The first-order valence-corrected chi connectivity index (χ1v) is 10.2. The summed E-state index contributed by atoms with van der Waals surface area (Å²) in [6, 6.07) is 6.72. The Kier molecular flexibility index (Phi) is 4.64. The summed E-state index contributed by atoms with van der Waals surface area (Å²) < 4.78 is 28.7. The SMILES string of the molecule is Cc1nnc(-c2cccc(C(=O)N(C(C)CS(C)(=O)=O)C3CC3)c2)o1. The molecule has 1 aliphatic carbocycles. The van der Waals surface area contributed by atoms with Crippen LogP contribution in [0.5, 0.6) is 0 Å². The molecule has 1 amide bonds. The van der Waals surface area contributed by atoms with E-state index in [1.165, 1.54) is 6.26 Å². The van der Waals surface area contributed by atoms with Crippen LogP contribution in [0.15, 0.2) is 28.7 Å². The summed E-state index contributed by atoms with van der Waals surface area (Å²) in [5.41, 5.74) is 1.15. The van der Waals surface area contributed by atoms with Crippen LogP contribution in [0.3, 0.4) is 0 Å². The maximum Gasteiger partial charge on any atom is 0.254 e. The summed E-state index contributed by atoms with van der Waals surface area (Å²) in [6.07, 6.45) is 3.00. The van der Waals surface area contributed by atoms with Gasteiger partial charge >= 0.3 is 0 Å². The van der Waals surface area contributed by atoms with Crippen LogP contribution >= 0.6 is 0 Å². The molecule has 8 heteroatoms. The van der Waals surface area contributed by atoms with E-state index < -0.39 is 9.84 Å². The number of amides is 1. The Morgan fingerprint density at radius 2 is 2.08 bits per heavy atom. The summed E-state index contributed by atoms with van der Waals surface area (Å²) >= 11 is 0. The van der Waals surface area contributed by atoms with Gasteiger partial charge in [-0.25, -0.2) is 8.42 Å². The lowest BCUT2D eigenvalue weighted by molar-refractivity contribution is 0.0693. The molecular formula is C17H21N3O4S. The van der Waals surface area contributed by atoms with E-state index >= 15 is 0 Å². The van der Waals surface area contributed by atoms with Crippen molar-refractivity contribution in [2.75, 3.05) is 12.0 Å². The first kappa shape index (κ1) is 17.6. The van der Waals surface area contributed by atoms with Gasteiger partial charge in [-0.2, -0.15) is 0 Å². The van der Waals surface area contributed by atoms with E-state index in [0.29, 0.717) is 22.9 Å². The zero-order chi connectivity index (χ0) is 18.2. The van der Waals surface area contributed by atoms with E-state index in [1.54, 1.807) is 43.0 Å². The molecule has 1 fully saturated rings. The zero-order valence-electron chi connectivity index (χ0n) is 14.5. The first-order valence-electron chi connectivity index (χ1n) is 8.15. The van der Waals surface area contributed by atoms with Crippen molar-refractivity contribution in [3.8, 4) is 11.5 Å². The average molecular weight is 363 g/mol. The fraction of sp³-hybridized carbons (Fsp3) is 0.471. The number of carbonyl (C=O) groups is 1. The van der Waals surface area contributed by atoms with Crippen molar-refractivity contribution < 1.29 is 17.6 Å². The van der Waals surface area contributed by atoms with Crippen molar-refractivity contribution in [1.29, 1.82) is 0 Å². The van der Waals surface area contributed by atoms with Crippen LogP contribution in [-0.2, 0) is 9.84 Å². The molecule has 3 rings (SSSR count). The van der Waals surface area contributed by atoms with E-state index in [4.69, 9.17) is 4.42 Å². The molecule has 1 atom stereocenters. The number of sulfone groups is 1. The fourth-order valence-electron chi connectivity index (χ4n) is 2.94. The minimum atomic E-state index is -3.17. The van der Waals surface area contributed by atoms with Gasteiger partial charge in [-0.05, 0) is 38.0 Å². The second-order valence-electron chi connectivity index (χ2n) is 6.59. The summed E-state index contributed by atoms with van der Waals surface area (Å²) in [4.78, 5) is 14.7. The molecule has 1 heterocycles. The maximum atomic E-state index is 13.0. The molecule has 1 aromatic carbocycles. The van der Waals surface area contributed by atoms with Crippen LogP contribution < -0.4 is 0 Å². The molecule has 1 saturated carbocycles. The third-order valence-corrected chi connectivity index (χ3v) is 5.16. The number of hydrogen-bond acceptors (Lipinski definition) is 6. The summed E-state index contributed by atoms with van der Waals surface area (Å²) in [7, 11) is -3.17. The number of rotatable bonds is 6. The predicted octanol–water partition coefficient (Wildman–Crippen LogP) is 2.08. The Bertz CT molecular complexity index is 887. The second-order valence-corrected chi connectivity index (χ2v) is 8.78. The lowest BCUT2D eigenvalue weighted by Crippen LogP contribution is -2.43. The van der Waals surface area contributed by atoms with Gasteiger partial charge in [-0.3, -0.25) is 4.79 Å². The van der Waals surface area contributed by atoms with Crippen molar-refractivity contribution in [3.63, 3.8) is 0 Å². The fourth-order valence-corrected chi connectivity index (χ4v) is 3.98. The molecule has 0 bridgehead atoms. The van der Waals surface area contributed by atoms with Gasteiger partial charge in [0.1, 0.15) is 9.84 Å². The largest absolute Gasteiger partial charge is 0.421 e. The lowest BCUT2D eigenvalue weighted by atomic mass is 10.1. The van der Waals surface area contributed by atoms with Crippen molar-refractivity contribution >= 4 is 15.7 Å². The highest BCUT2D eigenvalue weighted by molar-refractivity contribution is 7.90. The molecule has 1 unspecified atom stereocenters. The van der Waals surface area contributed by atoms with Crippen molar-refractivity contribution in [1.82, 2.24) is 15.1 Å². The molecule has 2 aromatic rings. The number of benzene rings is 1. The van der Waals surface area contributed by atoms with Crippen LogP contribution in [0.25, 0.3) is 11.5 Å². The third-order valence-electron chi connectivity index (χ3n) is 4.08. The monoisotopic (exact) mass is 363 g/mol. The third kappa shape index (κ3) is 4.25. The minimum Gasteiger partial charge on any atom is -0.421 e. The Labute approximate surface area is 147 Å². The van der Waals surface area contributed by atoms with Crippen LogP contribution in [0, 0.1) is 6.92 Å². The van der Waals surface area contributed by atoms with E-state index in [2.05, 4.69) is 10.2 Å². The van der Waals surface area contributed by atoms with E-state index in [-0.39, 0.29) is 23.7 Å². The Morgan fingerprint density at radius 1 is 1.36 bits per heavy atom. The topological polar surface area (TPSA) is 93.4 Å². The predicted molar refractivity (Wildman–Crippen MR) is 92.8 cm³/mol. The first-order chi connectivity index (χ1) is 11.7.